The third-order valence-electron chi connectivity index (χ3n) is 3.77. The highest BCUT2D eigenvalue weighted by Gasteiger charge is 2.13. The van der Waals surface area contributed by atoms with Gasteiger partial charge in [0.2, 0.25) is 0 Å². The van der Waals surface area contributed by atoms with Gasteiger partial charge >= 0.3 is 0 Å². The van der Waals surface area contributed by atoms with Crippen LogP contribution in [-0.2, 0) is 0 Å². The number of nitrogens with zero attached hydrogens (tertiary/aromatic N) is 1. The van der Waals surface area contributed by atoms with Crippen LogP contribution in [0.1, 0.15) is 16.1 Å². The van der Waals surface area contributed by atoms with Crippen LogP contribution in [0.25, 0.3) is 5.69 Å². The largest absolute Gasteiger partial charge is 0.497 e. The number of hydrogen-bond donors (Lipinski definition) is 1. The normalized spacial score (nSPS) is 10.3. The zero-order chi connectivity index (χ0) is 16.2. The maximum absolute atomic E-state index is 12.4. The molecule has 3 aromatic rings. The first-order valence-electron chi connectivity index (χ1n) is 7.38. The number of rotatable bonds is 4. The van der Waals surface area contributed by atoms with E-state index >= 15 is 0 Å². The van der Waals surface area contributed by atoms with E-state index in [1.165, 1.54) is 0 Å². The van der Waals surface area contributed by atoms with Crippen LogP contribution in [0, 0.1) is 6.92 Å². The van der Waals surface area contributed by atoms with E-state index in [1.54, 1.807) is 7.11 Å². The molecule has 0 aliphatic rings. The first-order chi connectivity index (χ1) is 11.2. The second kappa shape index (κ2) is 6.40. The van der Waals surface area contributed by atoms with Crippen LogP contribution in [0.4, 0.5) is 5.69 Å². The quantitative estimate of drug-likeness (QED) is 0.790. The molecule has 0 aliphatic heterocycles. The average molecular weight is 306 g/mol. The summed E-state index contributed by atoms with van der Waals surface area (Å²) < 4.78 is 7.16. The molecule has 0 radical (unpaired) electrons. The molecule has 116 valence electrons. The number of hydrogen-bond acceptors (Lipinski definition) is 2. The maximum atomic E-state index is 12.4. The van der Waals surface area contributed by atoms with E-state index in [2.05, 4.69) is 5.32 Å². The van der Waals surface area contributed by atoms with Gasteiger partial charge in [-0.1, -0.05) is 18.2 Å². The van der Waals surface area contributed by atoms with Crippen LogP contribution in [0.5, 0.6) is 5.75 Å². The molecule has 1 amide bonds. The van der Waals surface area contributed by atoms with Crippen molar-refractivity contribution in [2.45, 2.75) is 6.92 Å². The number of anilines is 1. The van der Waals surface area contributed by atoms with Crippen LogP contribution < -0.4 is 10.1 Å². The molecule has 0 aliphatic carbocycles. The van der Waals surface area contributed by atoms with Gasteiger partial charge in [-0.3, -0.25) is 4.79 Å². The molecule has 0 saturated heterocycles. The van der Waals surface area contributed by atoms with Crippen molar-refractivity contribution >= 4 is 11.6 Å². The lowest BCUT2D eigenvalue weighted by atomic mass is 10.2. The van der Waals surface area contributed by atoms with E-state index in [1.807, 2.05) is 78.4 Å². The summed E-state index contributed by atoms with van der Waals surface area (Å²) in [6, 6.07) is 19.0. The van der Waals surface area contributed by atoms with Gasteiger partial charge in [0.1, 0.15) is 5.75 Å². The Bertz CT molecular complexity index is 805. The SMILES string of the molecule is COc1ccc(-n2ccc(C(=O)Nc3ccccc3)c2C)cc1. The van der Waals surface area contributed by atoms with E-state index in [-0.39, 0.29) is 5.91 Å². The predicted octanol–water partition coefficient (Wildman–Crippen LogP) is 4.05. The fourth-order valence-electron chi connectivity index (χ4n) is 2.49. The fraction of sp³-hybridized carbons (Fsp3) is 0.105. The van der Waals surface area contributed by atoms with Crippen molar-refractivity contribution in [1.82, 2.24) is 4.57 Å². The number of carbonyl (C=O) groups excluding carboxylic acids is 1. The van der Waals surface area contributed by atoms with Crippen LogP contribution in [0.15, 0.2) is 66.9 Å². The molecule has 4 nitrogen and oxygen atoms in total. The third-order valence-corrected chi connectivity index (χ3v) is 3.77. The molecule has 1 N–H and O–H groups in total. The number of benzene rings is 2. The minimum absolute atomic E-state index is 0.110. The Morgan fingerprint density at radius 3 is 2.35 bits per heavy atom. The predicted molar refractivity (Wildman–Crippen MR) is 91.5 cm³/mol. The molecular formula is C19H18N2O2. The lowest BCUT2D eigenvalue weighted by molar-refractivity contribution is 0.102. The fourth-order valence-corrected chi connectivity index (χ4v) is 2.49. The second-order valence-corrected chi connectivity index (χ2v) is 5.20. The first-order valence-corrected chi connectivity index (χ1v) is 7.38. The molecule has 0 spiro atoms. The van der Waals surface area contributed by atoms with Gasteiger partial charge in [-0.05, 0) is 49.4 Å². The second-order valence-electron chi connectivity index (χ2n) is 5.20. The lowest BCUT2D eigenvalue weighted by Crippen LogP contribution is -2.13. The van der Waals surface area contributed by atoms with Crippen molar-refractivity contribution in [3.05, 3.63) is 78.1 Å². The van der Waals surface area contributed by atoms with Crippen LogP contribution >= 0.6 is 0 Å². The Kier molecular flexibility index (Phi) is 4.15. The molecular weight excluding hydrogens is 288 g/mol. The van der Waals surface area contributed by atoms with Gasteiger partial charge in [0, 0.05) is 23.3 Å². The molecule has 0 atom stereocenters. The number of carbonyl (C=O) groups is 1. The Morgan fingerprint density at radius 2 is 1.70 bits per heavy atom. The van der Waals surface area contributed by atoms with Crippen molar-refractivity contribution in [1.29, 1.82) is 0 Å². The number of amides is 1. The summed E-state index contributed by atoms with van der Waals surface area (Å²) in [5.74, 6) is 0.696. The molecule has 2 aromatic carbocycles. The van der Waals surface area contributed by atoms with Crippen LogP contribution in [-0.4, -0.2) is 17.6 Å². The molecule has 23 heavy (non-hydrogen) atoms. The molecule has 1 heterocycles. The van der Waals surface area contributed by atoms with Crippen LogP contribution in [0.3, 0.4) is 0 Å². The van der Waals surface area contributed by atoms with Gasteiger partial charge in [0.15, 0.2) is 0 Å². The monoisotopic (exact) mass is 306 g/mol. The molecule has 0 fully saturated rings. The minimum Gasteiger partial charge on any atom is -0.497 e. The molecule has 1 aromatic heterocycles. The Hall–Kier alpha value is -3.01. The van der Waals surface area contributed by atoms with E-state index in [0.717, 1.165) is 22.8 Å². The van der Waals surface area contributed by atoms with E-state index < -0.39 is 0 Å². The summed E-state index contributed by atoms with van der Waals surface area (Å²) in [4.78, 5) is 12.4. The smallest absolute Gasteiger partial charge is 0.257 e. The van der Waals surface area contributed by atoms with Crippen molar-refractivity contribution in [3.8, 4) is 11.4 Å². The highest BCUT2D eigenvalue weighted by Crippen LogP contribution is 2.20. The van der Waals surface area contributed by atoms with Crippen molar-refractivity contribution in [3.63, 3.8) is 0 Å². The Morgan fingerprint density at radius 1 is 1.00 bits per heavy atom. The minimum atomic E-state index is -0.110. The first kappa shape index (κ1) is 14.9. The van der Waals surface area contributed by atoms with E-state index in [9.17, 15) is 4.79 Å². The van der Waals surface area contributed by atoms with Gasteiger partial charge < -0.3 is 14.6 Å². The van der Waals surface area contributed by atoms with Gasteiger partial charge in [-0.15, -0.1) is 0 Å². The van der Waals surface area contributed by atoms with E-state index in [4.69, 9.17) is 4.74 Å². The highest BCUT2D eigenvalue weighted by molar-refractivity contribution is 6.05. The summed E-state index contributed by atoms with van der Waals surface area (Å²) in [6.45, 7) is 1.93. The topological polar surface area (TPSA) is 43.3 Å². The van der Waals surface area contributed by atoms with Crippen molar-refractivity contribution < 1.29 is 9.53 Å². The van der Waals surface area contributed by atoms with E-state index in [0.29, 0.717) is 5.56 Å². The average Bonchev–Trinajstić information content (AvgIpc) is 2.97. The third kappa shape index (κ3) is 3.11. The molecule has 0 bridgehead atoms. The summed E-state index contributed by atoms with van der Waals surface area (Å²) >= 11 is 0. The zero-order valence-electron chi connectivity index (χ0n) is 13.1. The standard InChI is InChI=1S/C19H18N2O2/c1-14-18(19(22)20-15-6-4-3-5-7-15)12-13-21(14)16-8-10-17(23-2)11-9-16/h3-13H,1-2H3,(H,20,22). The lowest BCUT2D eigenvalue weighted by Gasteiger charge is -2.09. The molecule has 0 unspecified atom stereocenters. The number of methoxy groups -OCH3 is 1. The zero-order valence-corrected chi connectivity index (χ0v) is 13.1. The van der Waals surface area contributed by atoms with Gasteiger partial charge in [0.05, 0.1) is 12.7 Å². The summed E-state index contributed by atoms with van der Waals surface area (Å²) in [6.07, 6.45) is 1.90. The summed E-state index contributed by atoms with van der Waals surface area (Å²) in [5, 5.41) is 2.91. The van der Waals surface area contributed by atoms with Gasteiger partial charge in [-0.2, -0.15) is 0 Å². The number of aromatic nitrogens is 1. The Labute approximate surface area is 135 Å². The number of para-hydroxylation sites is 1. The molecule has 4 heteroatoms. The Balaban J connectivity index is 1.85. The van der Waals surface area contributed by atoms with Crippen LogP contribution in [0.2, 0.25) is 0 Å². The summed E-state index contributed by atoms with van der Waals surface area (Å²) in [5.41, 5.74) is 3.32. The van der Waals surface area contributed by atoms with Gasteiger partial charge in [0.25, 0.3) is 5.91 Å². The summed E-state index contributed by atoms with van der Waals surface area (Å²) in [7, 11) is 1.64. The maximum Gasteiger partial charge on any atom is 0.257 e. The molecule has 0 saturated carbocycles. The number of nitrogens with one attached hydrogen (secondary N) is 1. The van der Waals surface area contributed by atoms with Gasteiger partial charge in [-0.25, -0.2) is 0 Å². The number of ether oxygens (including phenoxy) is 1. The molecule has 3 rings (SSSR count). The van der Waals surface area contributed by atoms with Crippen molar-refractivity contribution in [2.24, 2.45) is 0 Å². The van der Waals surface area contributed by atoms with Crippen molar-refractivity contribution in [2.75, 3.05) is 12.4 Å². The highest BCUT2D eigenvalue weighted by atomic mass is 16.5.